The summed E-state index contributed by atoms with van der Waals surface area (Å²) in [5, 5.41) is 4.29. The van der Waals surface area contributed by atoms with E-state index in [0.717, 1.165) is 17.5 Å². The third-order valence-electron chi connectivity index (χ3n) is 4.08. The van der Waals surface area contributed by atoms with Crippen LogP contribution in [0.4, 0.5) is 0 Å². The zero-order chi connectivity index (χ0) is 19.3. The standard InChI is InChI=1S/C19H20N4O3S/c1-2-15-5-7-17(8-6-15)27(25,26)21-12-13-23-19(24)10-9-18(22-23)16-4-3-11-20-14-16/h3-11,14,21H,2,12-13H2,1H3. The van der Waals surface area contributed by atoms with Crippen molar-refractivity contribution in [2.24, 2.45) is 0 Å². The molecule has 27 heavy (non-hydrogen) atoms. The van der Waals surface area contributed by atoms with Crippen LogP contribution < -0.4 is 10.3 Å². The molecular weight excluding hydrogens is 364 g/mol. The zero-order valence-electron chi connectivity index (χ0n) is 14.9. The Morgan fingerprint density at radius 2 is 1.85 bits per heavy atom. The van der Waals surface area contributed by atoms with Crippen LogP contribution in [0.1, 0.15) is 12.5 Å². The molecule has 0 unspecified atom stereocenters. The molecule has 0 spiro atoms. The van der Waals surface area contributed by atoms with Gasteiger partial charge in [0.2, 0.25) is 10.0 Å². The topological polar surface area (TPSA) is 93.9 Å². The third kappa shape index (κ3) is 4.66. The first-order valence-electron chi connectivity index (χ1n) is 8.57. The van der Waals surface area contributed by atoms with Crippen LogP contribution in [-0.4, -0.2) is 29.7 Å². The van der Waals surface area contributed by atoms with E-state index in [1.807, 2.05) is 13.0 Å². The second-order valence-corrected chi connectivity index (χ2v) is 7.68. The summed E-state index contributed by atoms with van der Waals surface area (Å²) >= 11 is 0. The summed E-state index contributed by atoms with van der Waals surface area (Å²) in [7, 11) is -3.63. The lowest BCUT2D eigenvalue weighted by molar-refractivity contribution is 0.548. The Morgan fingerprint density at radius 1 is 1.07 bits per heavy atom. The van der Waals surface area contributed by atoms with Gasteiger partial charge in [-0.15, -0.1) is 0 Å². The van der Waals surface area contributed by atoms with Gasteiger partial charge in [0.05, 0.1) is 17.1 Å². The third-order valence-corrected chi connectivity index (χ3v) is 5.56. The molecule has 3 rings (SSSR count). The van der Waals surface area contributed by atoms with E-state index < -0.39 is 10.0 Å². The summed E-state index contributed by atoms with van der Waals surface area (Å²) in [5.41, 5.74) is 2.15. The van der Waals surface area contributed by atoms with Crippen molar-refractivity contribution in [2.75, 3.05) is 6.54 Å². The molecule has 1 N–H and O–H groups in total. The van der Waals surface area contributed by atoms with E-state index in [1.165, 1.54) is 10.7 Å². The molecule has 0 saturated heterocycles. The summed E-state index contributed by atoms with van der Waals surface area (Å²) in [6.45, 7) is 2.19. The van der Waals surface area contributed by atoms with Gasteiger partial charge in [-0.05, 0) is 42.3 Å². The van der Waals surface area contributed by atoms with Crippen molar-refractivity contribution in [2.45, 2.75) is 24.8 Å². The summed E-state index contributed by atoms with van der Waals surface area (Å²) in [6.07, 6.45) is 4.15. The fourth-order valence-corrected chi connectivity index (χ4v) is 3.57. The number of pyridine rings is 1. The quantitative estimate of drug-likeness (QED) is 0.671. The molecule has 3 aromatic rings. The van der Waals surface area contributed by atoms with Gasteiger partial charge in [-0.2, -0.15) is 5.10 Å². The number of aryl methyl sites for hydroxylation is 1. The molecule has 0 amide bonds. The smallest absolute Gasteiger partial charge is 0.266 e. The minimum Gasteiger partial charge on any atom is -0.268 e. The van der Waals surface area contributed by atoms with Crippen molar-refractivity contribution < 1.29 is 8.42 Å². The highest BCUT2D eigenvalue weighted by Gasteiger charge is 2.13. The molecule has 2 aromatic heterocycles. The first kappa shape index (κ1) is 18.9. The normalized spacial score (nSPS) is 11.4. The first-order chi connectivity index (χ1) is 13.0. The Kier molecular flexibility index (Phi) is 5.78. The van der Waals surface area contributed by atoms with Gasteiger partial charge < -0.3 is 0 Å². The van der Waals surface area contributed by atoms with E-state index in [0.29, 0.717) is 5.69 Å². The molecule has 2 heterocycles. The Morgan fingerprint density at radius 3 is 2.52 bits per heavy atom. The van der Waals surface area contributed by atoms with Gasteiger partial charge in [-0.25, -0.2) is 17.8 Å². The predicted octanol–water partition coefficient (Wildman–Crippen LogP) is 1.85. The molecule has 0 radical (unpaired) electrons. The van der Waals surface area contributed by atoms with Gasteiger partial charge in [0.1, 0.15) is 0 Å². The minimum absolute atomic E-state index is 0.0568. The van der Waals surface area contributed by atoms with Gasteiger partial charge in [0.15, 0.2) is 0 Å². The first-order valence-corrected chi connectivity index (χ1v) is 10.0. The van der Waals surface area contributed by atoms with Crippen LogP contribution in [-0.2, 0) is 23.0 Å². The molecular formula is C19H20N4O3S. The highest BCUT2D eigenvalue weighted by molar-refractivity contribution is 7.89. The van der Waals surface area contributed by atoms with Crippen molar-refractivity contribution in [3.05, 3.63) is 76.8 Å². The minimum atomic E-state index is -3.63. The number of hydrogen-bond acceptors (Lipinski definition) is 5. The lowest BCUT2D eigenvalue weighted by Crippen LogP contribution is -2.32. The lowest BCUT2D eigenvalue weighted by Gasteiger charge is -2.09. The SMILES string of the molecule is CCc1ccc(S(=O)(=O)NCCn2nc(-c3cccnc3)ccc2=O)cc1. The molecule has 0 aliphatic rings. The number of benzene rings is 1. The Bertz CT molecular complexity index is 1060. The number of sulfonamides is 1. The zero-order valence-corrected chi connectivity index (χ0v) is 15.7. The molecule has 0 saturated carbocycles. The van der Waals surface area contributed by atoms with E-state index in [1.54, 1.807) is 48.8 Å². The average molecular weight is 384 g/mol. The molecule has 1 aromatic carbocycles. The molecule has 0 aliphatic carbocycles. The summed E-state index contributed by atoms with van der Waals surface area (Å²) in [4.78, 5) is 16.2. The second kappa shape index (κ2) is 8.24. The van der Waals surface area contributed by atoms with Crippen molar-refractivity contribution in [1.82, 2.24) is 19.5 Å². The van der Waals surface area contributed by atoms with Crippen LogP contribution in [0.5, 0.6) is 0 Å². The number of nitrogens with zero attached hydrogens (tertiary/aromatic N) is 3. The van der Waals surface area contributed by atoms with Crippen LogP contribution in [0.3, 0.4) is 0 Å². The van der Waals surface area contributed by atoms with Crippen LogP contribution in [0.15, 0.2) is 70.6 Å². The Labute approximate surface area is 157 Å². The highest BCUT2D eigenvalue weighted by Crippen LogP contribution is 2.13. The van der Waals surface area contributed by atoms with Gasteiger partial charge in [0.25, 0.3) is 5.56 Å². The fourth-order valence-electron chi connectivity index (χ4n) is 2.55. The van der Waals surface area contributed by atoms with E-state index in [9.17, 15) is 13.2 Å². The number of rotatable bonds is 7. The number of hydrogen-bond donors (Lipinski definition) is 1. The van der Waals surface area contributed by atoms with E-state index in [4.69, 9.17) is 0 Å². The lowest BCUT2D eigenvalue weighted by atomic mass is 10.2. The largest absolute Gasteiger partial charge is 0.268 e. The van der Waals surface area contributed by atoms with Gasteiger partial charge in [-0.3, -0.25) is 9.78 Å². The van der Waals surface area contributed by atoms with Crippen LogP contribution in [0, 0.1) is 0 Å². The maximum absolute atomic E-state index is 12.4. The average Bonchev–Trinajstić information content (AvgIpc) is 2.70. The summed E-state index contributed by atoms with van der Waals surface area (Å²) in [5.74, 6) is 0. The molecule has 8 heteroatoms. The van der Waals surface area contributed by atoms with Crippen LogP contribution >= 0.6 is 0 Å². The highest BCUT2D eigenvalue weighted by atomic mass is 32.2. The number of aromatic nitrogens is 3. The van der Waals surface area contributed by atoms with E-state index >= 15 is 0 Å². The van der Waals surface area contributed by atoms with Crippen molar-refractivity contribution in [1.29, 1.82) is 0 Å². The fraction of sp³-hybridized carbons (Fsp3) is 0.211. The van der Waals surface area contributed by atoms with Crippen LogP contribution in [0.25, 0.3) is 11.3 Å². The van der Waals surface area contributed by atoms with Gasteiger partial charge in [0, 0.05) is 30.6 Å². The van der Waals surface area contributed by atoms with E-state index in [2.05, 4.69) is 14.8 Å². The monoisotopic (exact) mass is 384 g/mol. The molecule has 0 bridgehead atoms. The maximum atomic E-state index is 12.4. The summed E-state index contributed by atoms with van der Waals surface area (Å²) in [6, 6.07) is 13.4. The van der Waals surface area contributed by atoms with Crippen LogP contribution in [0.2, 0.25) is 0 Å². The second-order valence-electron chi connectivity index (χ2n) is 5.92. The Balaban J connectivity index is 1.70. The summed E-state index contributed by atoms with van der Waals surface area (Å²) < 4.78 is 28.5. The van der Waals surface area contributed by atoms with Crippen molar-refractivity contribution >= 4 is 10.0 Å². The Hall–Kier alpha value is -2.84. The molecule has 7 nitrogen and oxygen atoms in total. The van der Waals surface area contributed by atoms with Gasteiger partial charge in [-0.1, -0.05) is 19.1 Å². The molecule has 140 valence electrons. The molecule has 0 fully saturated rings. The maximum Gasteiger partial charge on any atom is 0.266 e. The predicted molar refractivity (Wildman–Crippen MR) is 103 cm³/mol. The van der Waals surface area contributed by atoms with Gasteiger partial charge >= 0.3 is 0 Å². The van der Waals surface area contributed by atoms with Crippen molar-refractivity contribution in [3.63, 3.8) is 0 Å². The van der Waals surface area contributed by atoms with E-state index in [-0.39, 0.29) is 23.5 Å². The molecule has 0 atom stereocenters. The number of nitrogens with one attached hydrogen (secondary N) is 1. The van der Waals surface area contributed by atoms with Crippen molar-refractivity contribution in [3.8, 4) is 11.3 Å². The molecule has 0 aliphatic heterocycles.